The highest BCUT2D eigenvalue weighted by Gasteiger charge is 2.02. The molecule has 24 heavy (non-hydrogen) atoms. The van der Waals surface area contributed by atoms with Crippen LogP contribution >= 0.6 is 35.6 Å². The van der Waals surface area contributed by atoms with E-state index < -0.39 is 0 Å². The lowest BCUT2D eigenvalue weighted by molar-refractivity contribution is 0.414. The molecule has 0 aliphatic rings. The summed E-state index contributed by atoms with van der Waals surface area (Å²) in [7, 11) is 1.62. The Morgan fingerprint density at radius 3 is 2.58 bits per heavy atom. The Labute approximate surface area is 165 Å². The minimum absolute atomic E-state index is 0. The van der Waals surface area contributed by atoms with Crippen LogP contribution < -0.4 is 15.8 Å². The molecule has 0 spiro atoms. The first-order valence-electron chi connectivity index (χ1n) is 7.59. The van der Waals surface area contributed by atoms with Crippen molar-refractivity contribution in [1.82, 2.24) is 5.32 Å². The van der Waals surface area contributed by atoms with Gasteiger partial charge in [-0.3, -0.25) is 4.99 Å². The van der Waals surface area contributed by atoms with E-state index in [1.807, 2.05) is 36.4 Å². The Hall–Kier alpha value is -1.47. The van der Waals surface area contributed by atoms with Gasteiger partial charge in [-0.2, -0.15) is 0 Å². The van der Waals surface area contributed by atoms with Crippen LogP contribution in [0.2, 0.25) is 5.02 Å². The fraction of sp³-hybridized carbons (Fsp3) is 0.278. The molecule has 0 atom stereocenters. The Morgan fingerprint density at radius 2 is 1.92 bits per heavy atom. The van der Waals surface area contributed by atoms with Crippen molar-refractivity contribution in [3.63, 3.8) is 0 Å². The molecule has 6 heteroatoms. The molecule has 0 aromatic heterocycles. The van der Waals surface area contributed by atoms with Crippen molar-refractivity contribution in [2.75, 3.05) is 20.2 Å². The number of nitrogens with zero attached hydrogens (tertiary/aromatic N) is 1. The van der Waals surface area contributed by atoms with Crippen molar-refractivity contribution in [2.24, 2.45) is 10.7 Å². The predicted octanol–water partition coefficient (Wildman–Crippen LogP) is 3.66. The number of aliphatic imine (C=N–C) groups is 1. The maximum absolute atomic E-state index is 6.20. The molecule has 4 nitrogen and oxygen atoms in total. The zero-order valence-corrected chi connectivity index (χ0v) is 16.8. The Bertz CT molecular complexity index is 650. The van der Waals surface area contributed by atoms with Crippen molar-refractivity contribution in [3.05, 3.63) is 64.7 Å². The van der Waals surface area contributed by atoms with Crippen LogP contribution in [0, 0.1) is 0 Å². The van der Waals surface area contributed by atoms with Crippen LogP contribution in [0.1, 0.15) is 11.1 Å². The Kier molecular flexibility index (Phi) is 9.56. The lowest BCUT2D eigenvalue weighted by Crippen LogP contribution is -2.33. The number of nitrogens with two attached hydrogens (primary N) is 1. The van der Waals surface area contributed by atoms with Crippen LogP contribution in [0.25, 0.3) is 0 Å². The third-order valence-electron chi connectivity index (χ3n) is 3.49. The third-order valence-corrected chi connectivity index (χ3v) is 3.84. The molecule has 0 heterocycles. The van der Waals surface area contributed by atoms with Gasteiger partial charge in [-0.05, 0) is 36.1 Å². The van der Waals surface area contributed by atoms with Gasteiger partial charge in [0.05, 0.1) is 7.11 Å². The number of benzene rings is 2. The van der Waals surface area contributed by atoms with Gasteiger partial charge < -0.3 is 15.8 Å². The van der Waals surface area contributed by atoms with E-state index in [2.05, 4.69) is 22.4 Å². The molecule has 0 bridgehead atoms. The second-order valence-corrected chi connectivity index (χ2v) is 5.54. The topological polar surface area (TPSA) is 59.6 Å². The van der Waals surface area contributed by atoms with Crippen molar-refractivity contribution < 1.29 is 4.74 Å². The molecule has 2 aromatic rings. The highest BCUT2D eigenvalue weighted by Crippen LogP contribution is 2.22. The summed E-state index contributed by atoms with van der Waals surface area (Å²) in [5.41, 5.74) is 8.18. The first-order chi connectivity index (χ1) is 11.2. The maximum Gasteiger partial charge on any atom is 0.188 e. The van der Waals surface area contributed by atoms with Gasteiger partial charge >= 0.3 is 0 Å². The van der Waals surface area contributed by atoms with E-state index in [4.69, 9.17) is 22.1 Å². The van der Waals surface area contributed by atoms with Crippen LogP contribution in [0.5, 0.6) is 5.75 Å². The van der Waals surface area contributed by atoms with Crippen molar-refractivity contribution in [3.8, 4) is 5.75 Å². The van der Waals surface area contributed by atoms with Crippen LogP contribution in [0.3, 0.4) is 0 Å². The largest absolute Gasteiger partial charge is 0.497 e. The summed E-state index contributed by atoms with van der Waals surface area (Å²) in [5.74, 6) is 1.22. The minimum Gasteiger partial charge on any atom is -0.497 e. The lowest BCUT2D eigenvalue weighted by Gasteiger charge is -2.07. The number of hydrogen-bond donors (Lipinski definition) is 2. The molecule has 2 rings (SSSR count). The van der Waals surface area contributed by atoms with E-state index in [1.54, 1.807) is 7.11 Å². The van der Waals surface area contributed by atoms with Crippen LogP contribution in [0.4, 0.5) is 0 Å². The standard InChI is InChI=1S/C18H22ClN3O.HI/c1-23-16-8-7-15(17(19)13-16)10-12-22-18(20)21-11-9-14-5-3-2-4-6-14;/h2-8,13H,9-12H2,1H3,(H3,20,21,22);1H. The first-order valence-corrected chi connectivity index (χ1v) is 7.97. The van der Waals surface area contributed by atoms with E-state index >= 15 is 0 Å². The Balaban J connectivity index is 0.00000288. The molecular weight excluding hydrogens is 437 g/mol. The fourth-order valence-electron chi connectivity index (χ4n) is 2.19. The van der Waals surface area contributed by atoms with E-state index in [9.17, 15) is 0 Å². The molecule has 0 saturated heterocycles. The average molecular weight is 460 g/mol. The minimum atomic E-state index is 0. The van der Waals surface area contributed by atoms with E-state index in [0.717, 1.165) is 30.7 Å². The third kappa shape index (κ3) is 6.97. The van der Waals surface area contributed by atoms with Crippen molar-refractivity contribution >= 4 is 41.5 Å². The fourth-order valence-corrected chi connectivity index (χ4v) is 2.46. The molecule has 0 saturated carbocycles. The zero-order valence-electron chi connectivity index (χ0n) is 13.7. The number of ether oxygens (including phenoxy) is 1. The summed E-state index contributed by atoms with van der Waals surface area (Å²) >= 11 is 6.20. The molecule has 2 aromatic carbocycles. The zero-order chi connectivity index (χ0) is 16.5. The molecule has 0 amide bonds. The van der Waals surface area contributed by atoms with Crippen molar-refractivity contribution in [1.29, 1.82) is 0 Å². The first kappa shape index (κ1) is 20.6. The molecule has 0 unspecified atom stereocenters. The van der Waals surface area contributed by atoms with Crippen molar-refractivity contribution in [2.45, 2.75) is 12.8 Å². The van der Waals surface area contributed by atoms with Gasteiger partial charge in [0.25, 0.3) is 0 Å². The molecule has 0 fully saturated rings. The quantitative estimate of drug-likeness (QED) is 0.377. The number of halogens is 2. The summed E-state index contributed by atoms with van der Waals surface area (Å²) in [6.45, 7) is 1.36. The molecule has 130 valence electrons. The number of nitrogens with one attached hydrogen (secondary N) is 1. The van der Waals surface area contributed by atoms with Gasteiger partial charge in [-0.1, -0.05) is 48.0 Å². The summed E-state index contributed by atoms with van der Waals surface area (Å²) in [6.07, 6.45) is 1.66. The monoisotopic (exact) mass is 459 g/mol. The number of methoxy groups -OCH3 is 1. The predicted molar refractivity (Wildman–Crippen MR) is 112 cm³/mol. The molecular formula is C18H23ClIN3O. The van der Waals surface area contributed by atoms with Gasteiger partial charge in [-0.25, -0.2) is 0 Å². The summed E-state index contributed by atoms with van der Waals surface area (Å²) in [6, 6.07) is 15.9. The number of guanidine groups is 1. The summed E-state index contributed by atoms with van der Waals surface area (Å²) in [4.78, 5) is 4.33. The maximum atomic E-state index is 6.20. The number of rotatable bonds is 7. The molecule has 3 N–H and O–H groups in total. The van der Waals surface area contributed by atoms with Gasteiger partial charge in [0.1, 0.15) is 5.75 Å². The molecule has 0 aliphatic carbocycles. The SMILES string of the molecule is COc1ccc(CCN=C(N)NCCc2ccccc2)c(Cl)c1.I. The smallest absolute Gasteiger partial charge is 0.188 e. The van der Waals surface area contributed by atoms with E-state index in [0.29, 0.717) is 17.5 Å². The van der Waals surface area contributed by atoms with Gasteiger partial charge in [0.15, 0.2) is 5.96 Å². The molecule has 0 aliphatic heterocycles. The van der Waals surface area contributed by atoms with Gasteiger partial charge in [0, 0.05) is 18.1 Å². The molecule has 0 radical (unpaired) electrons. The summed E-state index contributed by atoms with van der Waals surface area (Å²) in [5, 5.41) is 3.81. The normalized spacial score (nSPS) is 10.8. The lowest BCUT2D eigenvalue weighted by atomic mass is 10.1. The van der Waals surface area contributed by atoms with E-state index in [1.165, 1.54) is 5.56 Å². The second-order valence-electron chi connectivity index (χ2n) is 5.14. The van der Waals surface area contributed by atoms with Gasteiger partial charge in [0.2, 0.25) is 0 Å². The number of hydrogen-bond acceptors (Lipinski definition) is 2. The average Bonchev–Trinajstić information content (AvgIpc) is 2.57. The van der Waals surface area contributed by atoms with Gasteiger partial charge in [-0.15, -0.1) is 24.0 Å². The second kappa shape index (κ2) is 11.1. The summed E-state index contributed by atoms with van der Waals surface area (Å²) < 4.78 is 5.13. The van der Waals surface area contributed by atoms with E-state index in [-0.39, 0.29) is 24.0 Å². The highest BCUT2D eigenvalue weighted by atomic mass is 127. The van der Waals surface area contributed by atoms with Crippen LogP contribution in [0.15, 0.2) is 53.5 Å². The van der Waals surface area contributed by atoms with Crippen LogP contribution in [-0.2, 0) is 12.8 Å². The highest BCUT2D eigenvalue weighted by molar-refractivity contribution is 14.0. The van der Waals surface area contributed by atoms with Crippen LogP contribution in [-0.4, -0.2) is 26.2 Å². The Morgan fingerprint density at radius 1 is 1.17 bits per heavy atom.